The van der Waals surface area contributed by atoms with Crippen molar-refractivity contribution in [2.45, 2.75) is 12.5 Å². The molecule has 1 aliphatic heterocycles. The molecule has 0 radical (unpaired) electrons. The molecule has 3 nitrogen and oxygen atoms in total. The Bertz CT molecular complexity index is 363. The van der Waals surface area contributed by atoms with E-state index in [1.807, 2.05) is 0 Å². The molecule has 1 fully saturated rings. The highest BCUT2D eigenvalue weighted by Crippen LogP contribution is 2.25. The number of rotatable bonds is 1. The molecule has 1 heterocycles. The van der Waals surface area contributed by atoms with Gasteiger partial charge in [0, 0.05) is 20.0 Å². The van der Waals surface area contributed by atoms with E-state index in [1.165, 1.54) is 17.0 Å². The maximum atomic E-state index is 12.7. The molecule has 80 valence electrons. The van der Waals surface area contributed by atoms with Crippen molar-refractivity contribution < 1.29 is 13.9 Å². The van der Waals surface area contributed by atoms with Gasteiger partial charge in [0.15, 0.2) is 0 Å². The molecule has 1 aromatic rings. The third-order valence-electron chi connectivity index (χ3n) is 2.52. The maximum absolute atomic E-state index is 12.7. The van der Waals surface area contributed by atoms with E-state index >= 15 is 0 Å². The topological polar surface area (TPSA) is 29.5 Å². The Morgan fingerprint density at radius 2 is 2.07 bits per heavy atom. The molecule has 0 aliphatic carbocycles. The summed E-state index contributed by atoms with van der Waals surface area (Å²) >= 11 is 0. The van der Waals surface area contributed by atoms with Crippen LogP contribution in [-0.2, 0) is 4.74 Å². The van der Waals surface area contributed by atoms with Gasteiger partial charge >= 0.3 is 6.09 Å². The first-order chi connectivity index (χ1) is 7.16. The first-order valence-electron chi connectivity index (χ1n) is 4.84. The number of nitrogens with zero attached hydrogens (tertiary/aromatic N) is 1. The summed E-state index contributed by atoms with van der Waals surface area (Å²) in [5.74, 6) is -0.280. The van der Waals surface area contributed by atoms with Gasteiger partial charge in [0.1, 0.15) is 11.9 Å². The lowest BCUT2D eigenvalue weighted by molar-refractivity contribution is 0.0324. The third-order valence-corrected chi connectivity index (χ3v) is 2.52. The molecule has 0 aromatic heterocycles. The zero-order chi connectivity index (χ0) is 10.8. The van der Waals surface area contributed by atoms with Crippen LogP contribution in [0.25, 0.3) is 0 Å². The zero-order valence-corrected chi connectivity index (χ0v) is 8.44. The second-order valence-corrected chi connectivity index (χ2v) is 3.63. The van der Waals surface area contributed by atoms with E-state index in [2.05, 4.69) is 0 Å². The van der Waals surface area contributed by atoms with Crippen molar-refractivity contribution in [3.8, 4) is 0 Å². The molecule has 0 N–H and O–H groups in total. The number of cyclic esters (lactones) is 1. The van der Waals surface area contributed by atoms with Crippen molar-refractivity contribution in [3.63, 3.8) is 0 Å². The monoisotopic (exact) mass is 209 g/mol. The van der Waals surface area contributed by atoms with E-state index in [0.717, 1.165) is 12.0 Å². The molecule has 1 atom stereocenters. The summed E-state index contributed by atoms with van der Waals surface area (Å²) in [6.45, 7) is 0.668. The van der Waals surface area contributed by atoms with Gasteiger partial charge in [0.05, 0.1) is 0 Å². The first-order valence-corrected chi connectivity index (χ1v) is 4.84. The van der Waals surface area contributed by atoms with Gasteiger partial charge in [-0.25, -0.2) is 9.18 Å². The molecule has 1 amide bonds. The van der Waals surface area contributed by atoms with Crippen LogP contribution in [0.1, 0.15) is 18.1 Å². The van der Waals surface area contributed by atoms with Crippen LogP contribution in [-0.4, -0.2) is 24.6 Å². The van der Waals surface area contributed by atoms with Crippen LogP contribution in [0, 0.1) is 5.82 Å². The second kappa shape index (κ2) is 3.88. The molecule has 1 saturated heterocycles. The summed E-state index contributed by atoms with van der Waals surface area (Å²) < 4.78 is 17.9. The first kappa shape index (κ1) is 9.96. The maximum Gasteiger partial charge on any atom is 0.410 e. The highest BCUT2D eigenvalue weighted by Gasteiger charge is 2.25. The van der Waals surface area contributed by atoms with Crippen LogP contribution in [0.3, 0.4) is 0 Å². The van der Waals surface area contributed by atoms with Gasteiger partial charge in [0.25, 0.3) is 0 Å². The van der Waals surface area contributed by atoms with E-state index in [9.17, 15) is 9.18 Å². The summed E-state index contributed by atoms with van der Waals surface area (Å²) in [7, 11) is 1.70. The largest absolute Gasteiger partial charge is 0.441 e. The van der Waals surface area contributed by atoms with Gasteiger partial charge in [0.2, 0.25) is 0 Å². The van der Waals surface area contributed by atoms with E-state index in [-0.39, 0.29) is 18.0 Å². The number of amides is 1. The van der Waals surface area contributed by atoms with E-state index in [1.54, 1.807) is 19.2 Å². The van der Waals surface area contributed by atoms with E-state index < -0.39 is 0 Å². The lowest BCUT2D eigenvalue weighted by Gasteiger charge is -2.29. The predicted octanol–water partition coefficient (Wildman–Crippen LogP) is 2.34. The smallest absolute Gasteiger partial charge is 0.410 e. The molecule has 2 rings (SSSR count). The Labute approximate surface area is 87.5 Å². The van der Waals surface area contributed by atoms with Crippen molar-refractivity contribution in [2.24, 2.45) is 0 Å². The fourth-order valence-electron chi connectivity index (χ4n) is 1.58. The molecule has 0 spiro atoms. The highest BCUT2D eigenvalue weighted by atomic mass is 19.1. The minimum atomic E-state index is -0.324. The molecule has 15 heavy (non-hydrogen) atoms. The molecule has 0 saturated carbocycles. The van der Waals surface area contributed by atoms with Gasteiger partial charge in [-0.2, -0.15) is 0 Å². The van der Waals surface area contributed by atoms with Gasteiger partial charge in [-0.05, 0) is 17.7 Å². The summed E-state index contributed by atoms with van der Waals surface area (Å²) in [6, 6.07) is 6.06. The van der Waals surface area contributed by atoms with Crippen molar-refractivity contribution in [2.75, 3.05) is 13.6 Å². The minimum absolute atomic E-state index is 0.241. The van der Waals surface area contributed by atoms with Gasteiger partial charge in [-0.3, -0.25) is 0 Å². The summed E-state index contributed by atoms with van der Waals surface area (Å²) in [5.41, 5.74) is 0.845. The van der Waals surface area contributed by atoms with Crippen molar-refractivity contribution in [1.82, 2.24) is 4.90 Å². The molecule has 0 unspecified atom stereocenters. The lowest BCUT2D eigenvalue weighted by Crippen LogP contribution is -2.35. The van der Waals surface area contributed by atoms with Crippen LogP contribution in [0.5, 0.6) is 0 Å². The zero-order valence-electron chi connectivity index (χ0n) is 8.44. The average Bonchev–Trinajstić information content (AvgIpc) is 2.23. The molecule has 1 aromatic carbocycles. The van der Waals surface area contributed by atoms with Gasteiger partial charge in [-0.1, -0.05) is 12.1 Å². The molecular formula is C11H12FNO2. The second-order valence-electron chi connectivity index (χ2n) is 3.63. The number of carbonyl (C=O) groups excluding carboxylic acids is 1. The summed E-state index contributed by atoms with van der Waals surface area (Å²) in [5, 5.41) is 0. The third kappa shape index (κ3) is 2.09. The van der Waals surface area contributed by atoms with E-state index in [0.29, 0.717) is 6.54 Å². The Balaban J connectivity index is 2.12. The number of hydrogen-bond acceptors (Lipinski definition) is 2. The van der Waals surface area contributed by atoms with Gasteiger partial charge < -0.3 is 9.64 Å². The number of ether oxygens (including phenoxy) is 1. The predicted molar refractivity (Wildman–Crippen MR) is 52.9 cm³/mol. The molecule has 0 bridgehead atoms. The van der Waals surface area contributed by atoms with Crippen molar-refractivity contribution in [3.05, 3.63) is 35.6 Å². The highest BCUT2D eigenvalue weighted by molar-refractivity contribution is 5.68. The van der Waals surface area contributed by atoms with Crippen LogP contribution < -0.4 is 0 Å². The fraction of sp³-hybridized carbons (Fsp3) is 0.364. The lowest BCUT2D eigenvalue weighted by atomic mass is 10.1. The Morgan fingerprint density at radius 1 is 1.40 bits per heavy atom. The van der Waals surface area contributed by atoms with Crippen molar-refractivity contribution in [1.29, 1.82) is 0 Å². The average molecular weight is 209 g/mol. The van der Waals surface area contributed by atoms with Crippen LogP contribution in [0.4, 0.5) is 9.18 Å². The molecule has 1 aliphatic rings. The quantitative estimate of drug-likeness (QED) is 0.710. The fourth-order valence-corrected chi connectivity index (χ4v) is 1.58. The summed E-state index contributed by atoms with van der Waals surface area (Å²) in [6.07, 6.45) is 0.179. The number of benzene rings is 1. The van der Waals surface area contributed by atoms with Gasteiger partial charge in [-0.15, -0.1) is 0 Å². The van der Waals surface area contributed by atoms with E-state index in [4.69, 9.17) is 4.74 Å². The number of halogens is 1. The number of carbonyl (C=O) groups is 1. The van der Waals surface area contributed by atoms with Crippen molar-refractivity contribution >= 4 is 6.09 Å². The molecular weight excluding hydrogens is 197 g/mol. The number of hydrogen-bond donors (Lipinski definition) is 0. The van der Waals surface area contributed by atoms with Crippen LogP contribution >= 0.6 is 0 Å². The standard InChI is InChI=1S/C11H12FNO2/c1-13-7-6-10(15-11(13)14)8-2-4-9(12)5-3-8/h2-5,10H,6-7H2,1H3/t10-/m1/s1. The van der Waals surface area contributed by atoms with Crippen LogP contribution in [0.2, 0.25) is 0 Å². The normalized spacial score (nSPS) is 21.3. The SMILES string of the molecule is CN1CC[C@H](c2ccc(F)cc2)OC1=O. The Kier molecular flexibility index (Phi) is 2.58. The summed E-state index contributed by atoms with van der Waals surface area (Å²) in [4.78, 5) is 12.8. The van der Waals surface area contributed by atoms with Crippen LogP contribution in [0.15, 0.2) is 24.3 Å². The Hall–Kier alpha value is -1.58. The Morgan fingerprint density at radius 3 is 2.67 bits per heavy atom. The molecule has 4 heteroatoms. The minimum Gasteiger partial charge on any atom is -0.441 e.